The van der Waals surface area contributed by atoms with Crippen LogP contribution in [0.5, 0.6) is 0 Å². The Bertz CT molecular complexity index is 1090. The number of aryl methyl sites for hydroxylation is 1. The highest BCUT2D eigenvalue weighted by Crippen LogP contribution is 2.28. The molecule has 0 aliphatic rings. The number of hydrogen-bond acceptors (Lipinski definition) is 3. The molecular weight excluding hydrogens is 427 g/mol. The molecule has 3 aromatic rings. The maximum Gasteiger partial charge on any atom is 0.250 e. The van der Waals surface area contributed by atoms with Crippen LogP contribution in [-0.4, -0.2) is 11.0 Å². The molecule has 0 aliphatic heterocycles. The first kappa shape index (κ1) is 21.1. The summed E-state index contributed by atoms with van der Waals surface area (Å²) >= 11 is 17.3. The molecule has 148 valence electrons. The minimum absolute atomic E-state index is 0.224. The fourth-order valence-electron chi connectivity index (χ4n) is 2.65. The van der Waals surface area contributed by atoms with Crippen LogP contribution in [0.1, 0.15) is 16.9 Å². The van der Waals surface area contributed by atoms with Crippen LogP contribution in [0.25, 0.3) is 17.4 Å². The summed E-state index contributed by atoms with van der Waals surface area (Å²) in [5.74, 6) is 0.748. The van der Waals surface area contributed by atoms with E-state index in [1.807, 2.05) is 32.0 Å². The standard InChI is InChI=1S/C22H18Cl2N2O2S/c1-13-4-3-5-19(14(13)2)25-22(29)26-21(27)9-7-18-6-8-20(28-18)15-10-16(23)12-17(24)11-15/h3-12H,1-2H3,(H2,25,26,27,29)/b9-7+. The second-order valence-electron chi connectivity index (χ2n) is 6.38. The molecule has 0 bridgehead atoms. The highest BCUT2D eigenvalue weighted by molar-refractivity contribution is 7.80. The van der Waals surface area contributed by atoms with Crippen molar-refractivity contribution >= 4 is 58.2 Å². The molecule has 2 N–H and O–H groups in total. The predicted octanol–water partition coefficient (Wildman–Crippen LogP) is 6.40. The van der Waals surface area contributed by atoms with Gasteiger partial charge in [-0.2, -0.15) is 0 Å². The van der Waals surface area contributed by atoms with Gasteiger partial charge in [-0.05, 0) is 79.7 Å². The summed E-state index contributed by atoms with van der Waals surface area (Å²) in [6.45, 7) is 4.00. The van der Waals surface area contributed by atoms with Crippen molar-refractivity contribution in [3.8, 4) is 11.3 Å². The molecule has 0 saturated carbocycles. The van der Waals surface area contributed by atoms with E-state index in [-0.39, 0.29) is 11.0 Å². The zero-order chi connectivity index (χ0) is 21.0. The van der Waals surface area contributed by atoms with Crippen molar-refractivity contribution in [1.29, 1.82) is 0 Å². The van der Waals surface area contributed by atoms with Crippen LogP contribution in [0.3, 0.4) is 0 Å². The molecule has 0 atom stereocenters. The van der Waals surface area contributed by atoms with Crippen molar-refractivity contribution in [3.63, 3.8) is 0 Å². The van der Waals surface area contributed by atoms with Crippen molar-refractivity contribution < 1.29 is 9.21 Å². The summed E-state index contributed by atoms with van der Waals surface area (Å²) < 4.78 is 5.73. The third-order valence-corrected chi connectivity index (χ3v) is 4.90. The number of anilines is 1. The third-order valence-electron chi connectivity index (χ3n) is 4.26. The first-order valence-corrected chi connectivity index (χ1v) is 9.91. The average molecular weight is 445 g/mol. The third kappa shape index (κ3) is 5.70. The van der Waals surface area contributed by atoms with Gasteiger partial charge in [0, 0.05) is 27.4 Å². The average Bonchev–Trinajstić information content (AvgIpc) is 3.12. The number of halogens is 2. The summed E-state index contributed by atoms with van der Waals surface area (Å²) in [4.78, 5) is 12.1. The Balaban J connectivity index is 1.61. The number of thiocarbonyl (C=S) groups is 1. The molecule has 7 heteroatoms. The summed E-state index contributed by atoms with van der Waals surface area (Å²) in [5.41, 5.74) is 3.82. The van der Waals surface area contributed by atoms with Crippen LogP contribution in [0, 0.1) is 13.8 Å². The van der Waals surface area contributed by atoms with Gasteiger partial charge in [-0.15, -0.1) is 0 Å². The van der Waals surface area contributed by atoms with E-state index in [1.54, 1.807) is 36.4 Å². The van der Waals surface area contributed by atoms with E-state index < -0.39 is 0 Å². The zero-order valence-corrected chi connectivity index (χ0v) is 18.1. The number of amides is 1. The Labute approximate surface area is 184 Å². The summed E-state index contributed by atoms with van der Waals surface area (Å²) in [7, 11) is 0. The van der Waals surface area contributed by atoms with Gasteiger partial charge < -0.3 is 9.73 Å². The van der Waals surface area contributed by atoms with E-state index in [0.29, 0.717) is 21.6 Å². The van der Waals surface area contributed by atoms with Crippen LogP contribution in [0.2, 0.25) is 10.0 Å². The van der Waals surface area contributed by atoms with E-state index in [0.717, 1.165) is 22.4 Å². The molecule has 0 fully saturated rings. The molecule has 1 aromatic heterocycles. The Morgan fingerprint density at radius 2 is 1.79 bits per heavy atom. The highest BCUT2D eigenvalue weighted by Gasteiger charge is 2.07. The minimum atomic E-state index is -0.364. The van der Waals surface area contributed by atoms with Gasteiger partial charge in [0.05, 0.1) is 0 Å². The quantitative estimate of drug-likeness (QED) is 0.361. The van der Waals surface area contributed by atoms with Crippen LogP contribution in [-0.2, 0) is 4.79 Å². The topological polar surface area (TPSA) is 54.3 Å². The molecule has 3 rings (SSSR count). The lowest BCUT2D eigenvalue weighted by Gasteiger charge is -2.12. The lowest BCUT2D eigenvalue weighted by atomic mass is 10.1. The monoisotopic (exact) mass is 444 g/mol. The van der Waals surface area contributed by atoms with Gasteiger partial charge in [0.1, 0.15) is 11.5 Å². The molecular formula is C22H18Cl2N2O2S. The summed E-state index contributed by atoms with van der Waals surface area (Å²) in [6.07, 6.45) is 2.91. The number of carbonyl (C=O) groups is 1. The minimum Gasteiger partial charge on any atom is -0.457 e. The molecule has 2 aromatic carbocycles. The number of carbonyl (C=O) groups excluding carboxylic acids is 1. The SMILES string of the molecule is Cc1cccc(NC(=S)NC(=O)/C=C/c2ccc(-c3cc(Cl)cc(Cl)c3)o2)c1C. The van der Waals surface area contributed by atoms with Gasteiger partial charge in [0.15, 0.2) is 5.11 Å². The van der Waals surface area contributed by atoms with Gasteiger partial charge in [-0.3, -0.25) is 10.1 Å². The number of rotatable bonds is 4. The van der Waals surface area contributed by atoms with E-state index >= 15 is 0 Å². The fraction of sp³-hybridized carbons (Fsp3) is 0.0909. The van der Waals surface area contributed by atoms with Gasteiger partial charge in [-0.1, -0.05) is 35.3 Å². The summed E-state index contributed by atoms with van der Waals surface area (Å²) in [5, 5.41) is 6.91. The summed E-state index contributed by atoms with van der Waals surface area (Å²) in [6, 6.07) is 14.5. The number of benzene rings is 2. The smallest absolute Gasteiger partial charge is 0.250 e. The Hall–Kier alpha value is -2.60. The van der Waals surface area contributed by atoms with Crippen LogP contribution in [0.15, 0.2) is 59.0 Å². The Morgan fingerprint density at radius 1 is 1.07 bits per heavy atom. The Morgan fingerprint density at radius 3 is 2.52 bits per heavy atom. The van der Waals surface area contributed by atoms with E-state index in [1.165, 1.54) is 6.08 Å². The van der Waals surface area contributed by atoms with Crippen molar-refractivity contribution in [2.24, 2.45) is 0 Å². The van der Waals surface area contributed by atoms with Crippen molar-refractivity contribution in [1.82, 2.24) is 5.32 Å². The molecule has 0 aliphatic carbocycles. The van der Waals surface area contributed by atoms with E-state index in [9.17, 15) is 4.79 Å². The van der Waals surface area contributed by atoms with Gasteiger partial charge in [0.2, 0.25) is 5.91 Å². The van der Waals surface area contributed by atoms with Gasteiger partial charge in [0.25, 0.3) is 0 Å². The van der Waals surface area contributed by atoms with Crippen molar-refractivity contribution in [3.05, 3.63) is 81.5 Å². The maximum atomic E-state index is 12.1. The second-order valence-corrected chi connectivity index (χ2v) is 7.67. The largest absolute Gasteiger partial charge is 0.457 e. The molecule has 0 saturated heterocycles. The van der Waals surface area contributed by atoms with E-state index in [2.05, 4.69) is 10.6 Å². The molecule has 0 unspecified atom stereocenters. The lowest BCUT2D eigenvalue weighted by molar-refractivity contribution is -0.115. The van der Waals surface area contributed by atoms with Crippen LogP contribution in [0.4, 0.5) is 5.69 Å². The molecule has 4 nitrogen and oxygen atoms in total. The highest BCUT2D eigenvalue weighted by atomic mass is 35.5. The molecule has 29 heavy (non-hydrogen) atoms. The first-order chi connectivity index (χ1) is 13.8. The maximum absolute atomic E-state index is 12.1. The second kappa shape index (κ2) is 9.27. The number of hydrogen-bond donors (Lipinski definition) is 2. The molecule has 1 amide bonds. The van der Waals surface area contributed by atoms with E-state index in [4.69, 9.17) is 39.8 Å². The predicted molar refractivity (Wildman–Crippen MR) is 123 cm³/mol. The molecule has 0 spiro atoms. The van der Waals surface area contributed by atoms with Crippen LogP contribution < -0.4 is 10.6 Å². The zero-order valence-electron chi connectivity index (χ0n) is 15.8. The van der Waals surface area contributed by atoms with Crippen molar-refractivity contribution in [2.45, 2.75) is 13.8 Å². The van der Waals surface area contributed by atoms with Gasteiger partial charge >= 0.3 is 0 Å². The number of furan rings is 1. The normalized spacial score (nSPS) is 10.9. The fourth-order valence-corrected chi connectivity index (χ4v) is 3.38. The number of nitrogens with one attached hydrogen (secondary N) is 2. The van der Waals surface area contributed by atoms with Crippen molar-refractivity contribution in [2.75, 3.05) is 5.32 Å². The molecule has 1 heterocycles. The van der Waals surface area contributed by atoms with Crippen LogP contribution >= 0.6 is 35.4 Å². The lowest BCUT2D eigenvalue weighted by Crippen LogP contribution is -2.33. The first-order valence-electron chi connectivity index (χ1n) is 8.74. The van der Waals surface area contributed by atoms with Gasteiger partial charge in [-0.25, -0.2) is 0 Å². The Kier molecular flexibility index (Phi) is 6.75. The molecule has 0 radical (unpaired) electrons.